The number of carbonyl (C=O) groups is 1. The van der Waals surface area contributed by atoms with Crippen LogP contribution in [0.3, 0.4) is 0 Å². The normalized spacial score (nSPS) is 15.2. The second-order valence-electron chi connectivity index (χ2n) is 7.09. The van der Waals surface area contributed by atoms with Crippen molar-refractivity contribution in [3.8, 4) is 5.75 Å². The van der Waals surface area contributed by atoms with Gasteiger partial charge in [0.25, 0.3) is 0 Å². The zero-order valence-electron chi connectivity index (χ0n) is 17.8. The number of sulfonamides is 1. The van der Waals surface area contributed by atoms with Crippen LogP contribution in [0.1, 0.15) is 12.5 Å². The molecule has 0 unspecified atom stereocenters. The number of hydrogen-bond acceptors (Lipinski definition) is 6. The third-order valence-electron chi connectivity index (χ3n) is 4.77. The fourth-order valence-electron chi connectivity index (χ4n) is 3.18. The molecule has 0 radical (unpaired) electrons. The smallest absolute Gasteiger partial charge is 0.416 e. The highest BCUT2D eigenvalue weighted by atomic mass is 32.2. The number of anilines is 2. The molecule has 1 amide bonds. The average Bonchev–Trinajstić information content (AvgIpc) is 2.78. The van der Waals surface area contributed by atoms with E-state index in [2.05, 4.69) is 10.6 Å². The van der Waals surface area contributed by atoms with Gasteiger partial charge in [-0.3, -0.25) is 4.79 Å². The van der Waals surface area contributed by atoms with Gasteiger partial charge in [-0.2, -0.15) is 17.5 Å². The summed E-state index contributed by atoms with van der Waals surface area (Å²) >= 11 is 0. The van der Waals surface area contributed by atoms with Gasteiger partial charge in [0.15, 0.2) is 0 Å². The summed E-state index contributed by atoms with van der Waals surface area (Å²) in [4.78, 5) is 12.4. The Hall–Kier alpha value is -2.83. The number of alkyl halides is 3. The van der Waals surface area contributed by atoms with Crippen molar-refractivity contribution in [2.45, 2.75) is 18.0 Å². The minimum absolute atomic E-state index is 0.0190. The first-order valence-corrected chi connectivity index (χ1v) is 11.6. The van der Waals surface area contributed by atoms with Gasteiger partial charge in [0.05, 0.1) is 42.5 Å². The van der Waals surface area contributed by atoms with Crippen molar-refractivity contribution < 1.29 is 35.9 Å². The van der Waals surface area contributed by atoms with Gasteiger partial charge in [-0.05, 0) is 43.3 Å². The molecule has 180 valence electrons. The van der Waals surface area contributed by atoms with E-state index in [1.807, 2.05) is 0 Å². The fourth-order valence-corrected chi connectivity index (χ4v) is 4.63. The van der Waals surface area contributed by atoms with E-state index in [1.54, 1.807) is 6.92 Å². The molecule has 2 aromatic rings. The Morgan fingerprint density at radius 3 is 2.55 bits per heavy atom. The summed E-state index contributed by atoms with van der Waals surface area (Å²) in [5.41, 5.74) is -0.620. The predicted molar refractivity (Wildman–Crippen MR) is 116 cm³/mol. The molecular weight excluding hydrogens is 463 g/mol. The molecule has 0 spiro atoms. The highest BCUT2D eigenvalue weighted by Gasteiger charge is 2.31. The summed E-state index contributed by atoms with van der Waals surface area (Å²) in [6.45, 7) is 2.65. The van der Waals surface area contributed by atoms with Crippen LogP contribution in [0.2, 0.25) is 0 Å². The van der Waals surface area contributed by atoms with Crippen LogP contribution in [-0.4, -0.2) is 58.1 Å². The Labute approximate surface area is 189 Å². The Balaban J connectivity index is 1.69. The summed E-state index contributed by atoms with van der Waals surface area (Å²) in [7, 11) is -3.74. The Bertz CT molecular complexity index is 1090. The lowest BCUT2D eigenvalue weighted by Crippen LogP contribution is -2.40. The Kier molecular flexibility index (Phi) is 7.82. The van der Waals surface area contributed by atoms with Crippen LogP contribution in [0, 0.1) is 0 Å². The van der Waals surface area contributed by atoms with Crippen molar-refractivity contribution in [2.75, 3.05) is 50.1 Å². The van der Waals surface area contributed by atoms with Crippen molar-refractivity contribution >= 4 is 27.3 Å². The van der Waals surface area contributed by atoms with E-state index in [0.29, 0.717) is 13.2 Å². The number of halogens is 3. The summed E-state index contributed by atoms with van der Waals surface area (Å²) in [6, 6.07) is 8.73. The first-order valence-electron chi connectivity index (χ1n) is 10.2. The van der Waals surface area contributed by atoms with Gasteiger partial charge in [-0.25, -0.2) is 8.42 Å². The summed E-state index contributed by atoms with van der Waals surface area (Å²) in [5, 5.41) is 5.20. The molecule has 0 atom stereocenters. The van der Waals surface area contributed by atoms with Gasteiger partial charge in [0.2, 0.25) is 15.9 Å². The van der Waals surface area contributed by atoms with Gasteiger partial charge in [-0.15, -0.1) is 0 Å². The SMILES string of the molecule is CCOc1ccc(C(F)(F)F)cc1NCC(=O)Nc1cccc(S(=O)(=O)N2CCOCC2)c1. The number of carbonyl (C=O) groups excluding carboxylic acids is 1. The number of benzene rings is 2. The van der Waals surface area contributed by atoms with Crippen LogP contribution in [-0.2, 0) is 25.7 Å². The highest BCUT2D eigenvalue weighted by Crippen LogP contribution is 2.35. The largest absolute Gasteiger partial charge is 0.492 e. The molecule has 2 N–H and O–H groups in total. The molecule has 0 aliphatic carbocycles. The molecule has 1 fully saturated rings. The van der Waals surface area contributed by atoms with E-state index in [4.69, 9.17) is 9.47 Å². The fraction of sp³-hybridized carbons (Fsp3) is 0.381. The van der Waals surface area contributed by atoms with E-state index in [1.165, 1.54) is 34.6 Å². The number of hydrogen-bond donors (Lipinski definition) is 2. The summed E-state index contributed by atoms with van der Waals surface area (Å²) in [6.07, 6.45) is -4.55. The molecule has 8 nitrogen and oxygen atoms in total. The first kappa shape index (κ1) is 24.8. The topological polar surface area (TPSA) is 97.0 Å². The van der Waals surface area contributed by atoms with Crippen molar-refractivity contribution in [3.05, 3.63) is 48.0 Å². The predicted octanol–water partition coefficient (Wildman–Crippen LogP) is 3.18. The second kappa shape index (κ2) is 10.4. The van der Waals surface area contributed by atoms with Crippen LogP contribution in [0.4, 0.5) is 24.5 Å². The maximum absolute atomic E-state index is 13.0. The number of nitrogens with one attached hydrogen (secondary N) is 2. The standard InChI is InChI=1S/C21H24F3N3O5S/c1-2-32-19-7-6-15(21(22,23)24)12-18(19)25-14-20(28)26-16-4-3-5-17(13-16)33(29,30)27-8-10-31-11-9-27/h3-7,12-13,25H,2,8-11,14H2,1H3,(H,26,28). The first-order chi connectivity index (χ1) is 15.6. The van der Waals surface area contributed by atoms with Crippen LogP contribution < -0.4 is 15.4 Å². The Morgan fingerprint density at radius 1 is 1.15 bits per heavy atom. The van der Waals surface area contributed by atoms with E-state index >= 15 is 0 Å². The molecule has 0 bridgehead atoms. The molecule has 12 heteroatoms. The highest BCUT2D eigenvalue weighted by molar-refractivity contribution is 7.89. The number of rotatable bonds is 8. The van der Waals surface area contributed by atoms with Gasteiger partial charge >= 0.3 is 6.18 Å². The minimum Gasteiger partial charge on any atom is -0.492 e. The quantitative estimate of drug-likeness (QED) is 0.594. The molecule has 1 aliphatic rings. The molecule has 1 heterocycles. The molecule has 1 saturated heterocycles. The minimum atomic E-state index is -4.55. The van der Waals surface area contributed by atoms with Crippen molar-refractivity contribution in [1.29, 1.82) is 0 Å². The van der Waals surface area contributed by atoms with Crippen molar-refractivity contribution in [1.82, 2.24) is 4.31 Å². The van der Waals surface area contributed by atoms with E-state index in [9.17, 15) is 26.4 Å². The van der Waals surface area contributed by atoms with Crippen LogP contribution in [0.25, 0.3) is 0 Å². The lowest BCUT2D eigenvalue weighted by Gasteiger charge is -2.26. The number of morpholine rings is 1. The zero-order chi connectivity index (χ0) is 24.1. The monoisotopic (exact) mass is 487 g/mol. The van der Waals surface area contributed by atoms with E-state index < -0.39 is 27.7 Å². The molecule has 3 rings (SSSR count). The molecule has 2 aromatic carbocycles. The lowest BCUT2D eigenvalue weighted by atomic mass is 10.1. The van der Waals surface area contributed by atoms with E-state index in [0.717, 1.165) is 12.1 Å². The molecule has 33 heavy (non-hydrogen) atoms. The molecule has 1 aliphatic heterocycles. The van der Waals surface area contributed by atoms with Gasteiger partial charge in [0.1, 0.15) is 5.75 Å². The molecule has 0 saturated carbocycles. The van der Waals surface area contributed by atoms with Crippen LogP contribution >= 0.6 is 0 Å². The number of amides is 1. The third kappa shape index (κ3) is 6.36. The molecule has 0 aromatic heterocycles. The van der Waals surface area contributed by atoms with Crippen LogP contribution in [0.5, 0.6) is 5.75 Å². The zero-order valence-corrected chi connectivity index (χ0v) is 18.6. The van der Waals surface area contributed by atoms with E-state index in [-0.39, 0.29) is 48.3 Å². The maximum atomic E-state index is 13.0. The average molecular weight is 488 g/mol. The van der Waals surface area contributed by atoms with Gasteiger partial charge < -0.3 is 20.1 Å². The third-order valence-corrected chi connectivity index (χ3v) is 6.67. The second-order valence-corrected chi connectivity index (χ2v) is 9.03. The van der Waals surface area contributed by atoms with Crippen LogP contribution in [0.15, 0.2) is 47.4 Å². The van der Waals surface area contributed by atoms with Gasteiger partial charge in [0, 0.05) is 18.8 Å². The summed E-state index contributed by atoms with van der Waals surface area (Å²) in [5.74, 6) is -0.396. The lowest BCUT2D eigenvalue weighted by molar-refractivity contribution is -0.137. The number of ether oxygens (including phenoxy) is 2. The van der Waals surface area contributed by atoms with Crippen molar-refractivity contribution in [2.24, 2.45) is 0 Å². The maximum Gasteiger partial charge on any atom is 0.416 e. The Morgan fingerprint density at radius 2 is 1.88 bits per heavy atom. The van der Waals surface area contributed by atoms with Gasteiger partial charge in [-0.1, -0.05) is 6.07 Å². The summed E-state index contributed by atoms with van der Waals surface area (Å²) < 4.78 is 76.5. The number of nitrogens with zero attached hydrogens (tertiary/aromatic N) is 1. The van der Waals surface area contributed by atoms with Crippen molar-refractivity contribution in [3.63, 3.8) is 0 Å². The molecular formula is C21H24F3N3O5S.